The molecule has 0 unspecified atom stereocenters. The van der Waals surface area contributed by atoms with Crippen molar-refractivity contribution in [3.63, 3.8) is 0 Å². The van der Waals surface area contributed by atoms with Crippen LogP contribution in [0.25, 0.3) is 5.76 Å². The van der Waals surface area contributed by atoms with Gasteiger partial charge < -0.3 is 19.9 Å². The van der Waals surface area contributed by atoms with E-state index in [1.54, 1.807) is 12.1 Å². The van der Waals surface area contributed by atoms with Gasteiger partial charge in [0.25, 0.3) is 11.6 Å². The van der Waals surface area contributed by atoms with Crippen LogP contribution in [-0.4, -0.2) is 35.4 Å². The number of nitro benzene ring substituents is 1. The second kappa shape index (κ2) is 9.17. The van der Waals surface area contributed by atoms with E-state index in [-0.39, 0.29) is 17.1 Å². The third kappa shape index (κ3) is 5.07. The predicted octanol–water partition coefficient (Wildman–Crippen LogP) is 3.11. The molecule has 0 bridgehead atoms. The average Bonchev–Trinajstić information content (AvgIpc) is 2.68. The van der Waals surface area contributed by atoms with Crippen LogP contribution in [0.5, 0.6) is 11.5 Å². The van der Waals surface area contributed by atoms with Crippen LogP contribution in [0.1, 0.15) is 12.5 Å². The summed E-state index contributed by atoms with van der Waals surface area (Å²) in [6.07, 6.45) is 0.759. The molecule has 0 fully saturated rings. The lowest BCUT2D eigenvalue weighted by Crippen LogP contribution is -2.21. The van der Waals surface area contributed by atoms with E-state index in [4.69, 9.17) is 9.47 Å². The fraction of sp³-hybridized carbons (Fsp3) is 0.158. The van der Waals surface area contributed by atoms with E-state index in [1.165, 1.54) is 31.4 Å². The molecule has 0 atom stereocenters. The third-order valence-electron chi connectivity index (χ3n) is 3.59. The Labute approximate surface area is 160 Å². The van der Waals surface area contributed by atoms with Gasteiger partial charge in [0.15, 0.2) is 0 Å². The number of aliphatic hydroxyl groups is 1. The number of nitrogens with one attached hydrogen (secondary N) is 1. The predicted molar refractivity (Wildman–Crippen MR) is 102 cm³/mol. The smallest absolute Gasteiger partial charge is 0.296 e. The van der Waals surface area contributed by atoms with Crippen LogP contribution < -0.4 is 14.8 Å². The molecule has 0 aliphatic heterocycles. The molecule has 0 heterocycles. The molecule has 2 rings (SSSR count). The molecule has 0 aromatic heterocycles. The maximum Gasteiger partial charge on any atom is 0.296 e. The van der Waals surface area contributed by atoms with Crippen LogP contribution in [0.4, 0.5) is 11.4 Å². The molecule has 0 aliphatic carbocycles. The SMILES string of the molecule is CCOc1ccc(C(O)=CC(=O)C(=O)Nc2cc([N+](=O)[O-])ccc2OC)cc1. The molecular formula is C19H18N2O7. The van der Waals surface area contributed by atoms with Gasteiger partial charge in [-0.3, -0.25) is 19.7 Å². The zero-order valence-electron chi connectivity index (χ0n) is 15.2. The molecule has 0 saturated heterocycles. The number of aliphatic hydroxyl groups excluding tert-OH is 1. The van der Waals surface area contributed by atoms with Gasteiger partial charge in [0, 0.05) is 23.8 Å². The summed E-state index contributed by atoms with van der Waals surface area (Å²) >= 11 is 0. The van der Waals surface area contributed by atoms with Crippen molar-refractivity contribution in [2.45, 2.75) is 6.92 Å². The number of carbonyl (C=O) groups excluding carboxylic acids is 2. The van der Waals surface area contributed by atoms with Crippen molar-refractivity contribution in [3.8, 4) is 11.5 Å². The first-order valence-corrected chi connectivity index (χ1v) is 8.17. The Morgan fingerprint density at radius 3 is 2.46 bits per heavy atom. The number of non-ortho nitro benzene ring substituents is 1. The summed E-state index contributed by atoms with van der Waals surface area (Å²) in [4.78, 5) is 34.4. The van der Waals surface area contributed by atoms with Crippen LogP contribution in [0.2, 0.25) is 0 Å². The van der Waals surface area contributed by atoms with E-state index in [0.717, 1.165) is 12.1 Å². The van der Waals surface area contributed by atoms with E-state index >= 15 is 0 Å². The number of methoxy groups -OCH3 is 1. The number of carbonyl (C=O) groups is 2. The second-order valence-corrected chi connectivity index (χ2v) is 5.45. The Morgan fingerprint density at radius 1 is 1.21 bits per heavy atom. The molecule has 9 nitrogen and oxygen atoms in total. The Kier molecular flexibility index (Phi) is 6.69. The number of nitrogens with zero attached hydrogens (tertiary/aromatic N) is 1. The first kappa shape index (κ1) is 20.4. The summed E-state index contributed by atoms with van der Waals surface area (Å²) in [6.45, 7) is 2.32. The lowest BCUT2D eigenvalue weighted by molar-refractivity contribution is -0.384. The normalized spacial score (nSPS) is 10.9. The number of ether oxygens (including phenoxy) is 2. The summed E-state index contributed by atoms with van der Waals surface area (Å²) in [5.41, 5.74) is -0.00198. The summed E-state index contributed by atoms with van der Waals surface area (Å²) in [7, 11) is 1.32. The zero-order chi connectivity index (χ0) is 20.7. The van der Waals surface area contributed by atoms with Crippen molar-refractivity contribution in [2.75, 3.05) is 19.0 Å². The second-order valence-electron chi connectivity index (χ2n) is 5.45. The molecule has 2 N–H and O–H groups in total. The van der Waals surface area contributed by atoms with Crippen molar-refractivity contribution >= 4 is 28.8 Å². The van der Waals surface area contributed by atoms with Crippen LogP contribution in [0.15, 0.2) is 48.5 Å². The van der Waals surface area contributed by atoms with Gasteiger partial charge >= 0.3 is 0 Å². The van der Waals surface area contributed by atoms with Gasteiger partial charge in [-0.05, 0) is 37.3 Å². The molecule has 2 aromatic carbocycles. The first-order chi connectivity index (χ1) is 13.3. The molecule has 146 valence electrons. The Bertz CT molecular complexity index is 920. The monoisotopic (exact) mass is 386 g/mol. The van der Waals surface area contributed by atoms with Gasteiger partial charge in [-0.25, -0.2) is 0 Å². The quantitative estimate of drug-likeness (QED) is 0.234. The van der Waals surface area contributed by atoms with Crippen LogP contribution >= 0.6 is 0 Å². The summed E-state index contributed by atoms with van der Waals surface area (Å²) < 4.78 is 10.3. The van der Waals surface area contributed by atoms with E-state index < -0.39 is 22.4 Å². The Hall–Kier alpha value is -3.88. The third-order valence-corrected chi connectivity index (χ3v) is 3.59. The van der Waals surface area contributed by atoms with E-state index in [9.17, 15) is 24.8 Å². The number of hydrogen-bond donors (Lipinski definition) is 2. The lowest BCUT2D eigenvalue weighted by Gasteiger charge is -2.09. The minimum atomic E-state index is -1.09. The summed E-state index contributed by atoms with van der Waals surface area (Å²) in [6, 6.07) is 9.86. The number of benzene rings is 2. The molecular weight excluding hydrogens is 368 g/mol. The summed E-state index contributed by atoms with van der Waals surface area (Å²) in [5, 5.41) is 23.2. The van der Waals surface area contributed by atoms with Crippen molar-refractivity contribution in [2.24, 2.45) is 0 Å². The summed E-state index contributed by atoms with van der Waals surface area (Å²) in [5.74, 6) is -1.79. The maximum absolute atomic E-state index is 12.1. The van der Waals surface area contributed by atoms with Gasteiger partial charge in [-0.2, -0.15) is 0 Å². The van der Waals surface area contributed by atoms with Crippen molar-refractivity contribution in [1.29, 1.82) is 0 Å². The van der Waals surface area contributed by atoms with E-state index in [2.05, 4.69) is 5.32 Å². The number of ketones is 1. The molecule has 2 aromatic rings. The molecule has 0 radical (unpaired) electrons. The largest absolute Gasteiger partial charge is 0.507 e. The average molecular weight is 386 g/mol. The fourth-order valence-electron chi connectivity index (χ4n) is 2.25. The molecule has 0 spiro atoms. The number of nitro groups is 1. The molecule has 1 amide bonds. The van der Waals surface area contributed by atoms with Crippen LogP contribution in [0, 0.1) is 10.1 Å². The standard InChI is InChI=1S/C19H18N2O7/c1-3-28-14-7-4-12(5-8-14)16(22)11-17(23)19(24)20-15-10-13(21(25)26)6-9-18(15)27-2/h4-11,22H,3H2,1-2H3,(H,20,24). The van der Waals surface area contributed by atoms with Gasteiger partial charge in [0.1, 0.15) is 17.3 Å². The highest BCUT2D eigenvalue weighted by Gasteiger charge is 2.18. The highest BCUT2D eigenvalue weighted by molar-refractivity contribution is 6.45. The fourth-order valence-corrected chi connectivity index (χ4v) is 2.25. The van der Waals surface area contributed by atoms with E-state index in [1.807, 2.05) is 6.92 Å². The van der Waals surface area contributed by atoms with Crippen LogP contribution in [0.3, 0.4) is 0 Å². The van der Waals surface area contributed by atoms with Gasteiger partial charge in [-0.1, -0.05) is 0 Å². The maximum atomic E-state index is 12.1. The number of anilines is 1. The molecule has 9 heteroatoms. The van der Waals surface area contributed by atoms with E-state index in [0.29, 0.717) is 17.9 Å². The van der Waals surface area contributed by atoms with Gasteiger partial charge in [-0.15, -0.1) is 0 Å². The minimum absolute atomic E-state index is 0.0380. The Morgan fingerprint density at radius 2 is 1.89 bits per heavy atom. The van der Waals surface area contributed by atoms with Crippen molar-refractivity contribution in [3.05, 3.63) is 64.2 Å². The molecule has 28 heavy (non-hydrogen) atoms. The van der Waals surface area contributed by atoms with Gasteiger partial charge in [0.2, 0.25) is 5.78 Å². The number of rotatable bonds is 8. The van der Waals surface area contributed by atoms with Crippen molar-refractivity contribution in [1.82, 2.24) is 0 Å². The topological polar surface area (TPSA) is 128 Å². The lowest BCUT2D eigenvalue weighted by atomic mass is 10.1. The molecule has 0 saturated carbocycles. The molecule has 0 aliphatic rings. The first-order valence-electron chi connectivity index (χ1n) is 8.17. The highest BCUT2D eigenvalue weighted by Crippen LogP contribution is 2.28. The zero-order valence-corrected chi connectivity index (χ0v) is 15.2. The Balaban J connectivity index is 2.16. The highest BCUT2D eigenvalue weighted by atomic mass is 16.6. The number of amides is 1. The minimum Gasteiger partial charge on any atom is -0.507 e. The van der Waals surface area contributed by atoms with Crippen LogP contribution in [-0.2, 0) is 9.59 Å². The van der Waals surface area contributed by atoms with Crippen molar-refractivity contribution < 1.29 is 29.1 Å². The van der Waals surface area contributed by atoms with Gasteiger partial charge in [0.05, 0.1) is 24.3 Å². The number of hydrogen-bond acceptors (Lipinski definition) is 7.